The average Bonchev–Trinajstić information content (AvgIpc) is 3.22. The van der Waals surface area contributed by atoms with Gasteiger partial charge in [-0.25, -0.2) is 0 Å². The molecule has 0 aliphatic heterocycles. The van der Waals surface area contributed by atoms with E-state index in [0.29, 0.717) is 6.61 Å². The number of hydrogen-bond acceptors (Lipinski definition) is 4. The van der Waals surface area contributed by atoms with Crippen molar-refractivity contribution in [1.29, 1.82) is 0 Å². The lowest BCUT2D eigenvalue weighted by atomic mass is 9.49. The lowest BCUT2D eigenvalue weighted by Crippen LogP contribution is -2.49. The molecule has 5 nitrogen and oxygen atoms in total. The molecule has 0 atom stereocenters. The topological polar surface area (TPSA) is 52.3 Å². The Morgan fingerprint density at radius 3 is 2.52 bits per heavy atom. The van der Waals surface area contributed by atoms with Gasteiger partial charge >= 0.3 is 0 Å². The summed E-state index contributed by atoms with van der Waals surface area (Å²) in [5, 5.41) is 10.5. The van der Waals surface area contributed by atoms with Crippen molar-refractivity contribution in [1.82, 2.24) is 19.6 Å². The SMILES string of the molecule is c1cc(OCc2cccn3c(C45CC6CC(CC(C6)C4)C5)nnc23)c2cccnc2c1. The van der Waals surface area contributed by atoms with Crippen LogP contribution in [0.15, 0.2) is 54.9 Å². The summed E-state index contributed by atoms with van der Waals surface area (Å²) in [5.41, 5.74) is 3.19. The van der Waals surface area contributed by atoms with Crippen molar-refractivity contribution < 1.29 is 4.74 Å². The molecule has 0 amide bonds. The second-order valence-corrected chi connectivity index (χ2v) is 10.1. The normalized spacial score (nSPS) is 29.1. The summed E-state index contributed by atoms with van der Waals surface area (Å²) in [6, 6.07) is 14.2. The zero-order valence-electron chi connectivity index (χ0n) is 17.6. The van der Waals surface area contributed by atoms with Gasteiger partial charge in [0.2, 0.25) is 0 Å². The van der Waals surface area contributed by atoms with Crippen LogP contribution in [-0.4, -0.2) is 19.6 Å². The molecular formula is C26H26N4O. The van der Waals surface area contributed by atoms with Crippen molar-refractivity contribution in [2.24, 2.45) is 17.8 Å². The number of nitrogens with zero attached hydrogens (tertiary/aromatic N) is 4. The number of rotatable bonds is 4. The summed E-state index contributed by atoms with van der Waals surface area (Å²) in [6.45, 7) is 0.470. The number of aromatic nitrogens is 4. The minimum Gasteiger partial charge on any atom is -0.488 e. The molecule has 31 heavy (non-hydrogen) atoms. The van der Waals surface area contributed by atoms with E-state index in [1.54, 1.807) is 0 Å². The number of hydrogen-bond donors (Lipinski definition) is 0. The van der Waals surface area contributed by atoms with Crippen LogP contribution < -0.4 is 4.74 Å². The third kappa shape index (κ3) is 2.72. The summed E-state index contributed by atoms with van der Waals surface area (Å²) in [5.74, 6) is 4.73. The second kappa shape index (κ2) is 6.52. The maximum atomic E-state index is 6.25. The zero-order valence-corrected chi connectivity index (χ0v) is 17.6. The fourth-order valence-electron chi connectivity index (χ4n) is 7.19. The van der Waals surface area contributed by atoms with Gasteiger partial charge in [-0.05, 0) is 86.6 Å². The third-order valence-corrected chi connectivity index (χ3v) is 8.02. The van der Waals surface area contributed by atoms with Gasteiger partial charge in [0, 0.05) is 28.8 Å². The number of fused-ring (bicyclic) bond motifs is 2. The van der Waals surface area contributed by atoms with E-state index in [-0.39, 0.29) is 5.41 Å². The Labute approximate surface area is 181 Å². The molecule has 0 N–H and O–H groups in total. The first kappa shape index (κ1) is 17.7. The fraction of sp³-hybridized carbons (Fsp3) is 0.423. The van der Waals surface area contributed by atoms with E-state index >= 15 is 0 Å². The molecule has 4 aliphatic carbocycles. The quantitative estimate of drug-likeness (QED) is 0.457. The Morgan fingerprint density at radius 2 is 1.71 bits per heavy atom. The number of pyridine rings is 2. The minimum absolute atomic E-state index is 0.231. The van der Waals surface area contributed by atoms with Crippen molar-refractivity contribution in [3.63, 3.8) is 0 Å². The molecule has 0 spiro atoms. The lowest BCUT2D eigenvalue weighted by Gasteiger charge is -2.55. The Hall–Kier alpha value is -2.95. The van der Waals surface area contributed by atoms with Crippen molar-refractivity contribution >= 4 is 16.6 Å². The molecule has 3 heterocycles. The molecule has 4 fully saturated rings. The van der Waals surface area contributed by atoms with Gasteiger partial charge in [-0.3, -0.25) is 9.38 Å². The van der Waals surface area contributed by atoms with Crippen LogP contribution in [0.5, 0.6) is 5.75 Å². The highest BCUT2D eigenvalue weighted by atomic mass is 16.5. The summed E-state index contributed by atoms with van der Waals surface area (Å²) in [6.07, 6.45) is 12.2. The first-order chi connectivity index (χ1) is 15.3. The van der Waals surface area contributed by atoms with E-state index in [9.17, 15) is 0 Å². The third-order valence-electron chi connectivity index (χ3n) is 8.02. The highest BCUT2D eigenvalue weighted by Gasteiger charge is 2.53. The lowest BCUT2D eigenvalue weighted by molar-refractivity contribution is -0.00984. The van der Waals surface area contributed by atoms with Crippen LogP contribution in [0.4, 0.5) is 0 Å². The van der Waals surface area contributed by atoms with E-state index in [1.807, 2.05) is 30.5 Å². The van der Waals surface area contributed by atoms with Gasteiger partial charge in [-0.2, -0.15) is 0 Å². The zero-order chi connectivity index (χ0) is 20.4. The molecule has 8 rings (SSSR count). The van der Waals surface area contributed by atoms with Crippen molar-refractivity contribution in [2.45, 2.75) is 50.5 Å². The van der Waals surface area contributed by atoms with Crippen molar-refractivity contribution in [2.75, 3.05) is 0 Å². The average molecular weight is 411 g/mol. The first-order valence-electron chi connectivity index (χ1n) is 11.6. The van der Waals surface area contributed by atoms with Crippen LogP contribution >= 0.6 is 0 Å². The van der Waals surface area contributed by atoms with Crippen molar-refractivity contribution in [3.8, 4) is 5.75 Å². The largest absolute Gasteiger partial charge is 0.488 e. The Bertz CT molecular complexity index is 1250. The molecule has 4 saturated carbocycles. The van der Waals surface area contributed by atoms with Gasteiger partial charge in [-0.15, -0.1) is 10.2 Å². The summed E-state index contributed by atoms with van der Waals surface area (Å²) < 4.78 is 8.51. The fourth-order valence-corrected chi connectivity index (χ4v) is 7.19. The van der Waals surface area contributed by atoms with Crippen molar-refractivity contribution in [3.05, 3.63) is 66.2 Å². The van der Waals surface area contributed by atoms with E-state index < -0.39 is 0 Å². The van der Waals surface area contributed by atoms with E-state index in [2.05, 4.69) is 38.9 Å². The Morgan fingerprint density at radius 1 is 0.903 bits per heavy atom. The van der Waals surface area contributed by atoms with Gasteiger partial charge in [0.05, 0.1) is 5.52 Å². The summed E-state index contributed by atoms with van der Waals surface area (Å²) in [4.78, 5) is 4.43. The second-order valence-electron chi connectivity index (χ2n) is 10.1. The van der Waals surface area contributed by atoms with Crippen LogP contribution in [0, 0.1) is 17.8 Å². The van der Waals surface area contributed by atoms with E-state index in [4.69, 9.17) is 9.84 Å². The smallest absolute Gasteiger partial charge is 0.167 e. The Kier molecular flexibility index (Phi) is 3.72. The van der Waals surface area contributed by atoms with Crippen LogP contribution in [0.3, 0.4) is 0 Å². The molecular weight excluding hydrogens is 384 g/mol. The van der Waals surface area contributed by atoms with Gasteiger partial charge in [0.15, 0.2) is 5.65 Å². The molecule has 4 aromatic rings. The monoisotopic (exact) mass is 410 g/mol. The molecule has 4 bridgehead atoms. The van der Waals surface area contributed by atoms with Gasteiger partial charge in [0.25, 0.3) is 0 Å². The van der Waals surface area contributed by atoms with E-state index in [1.165, 1.54) is 44.3 Å². The Balaban J connectivity index is 1.23. The highest BCUT2D eigenvalue weighted by Crippen LogP contribution is 2.60. The molecule has 0 unspecified atom stereocenters. The summed E-state index contributed by atoms with van der Waals surface area (Å²) in [7, 11) is 0. The van der Waals surface area contributed by atoms with Crippen LogP contribution in [0.25, 0.3) is 16.6 Å². The maximum Gasteiger partial charge on any atom is 0.167 e. The predicted octanol–water partition coefficient (Wildman–Crippen LogP) is 5.32. The van der Waals surface area contributed by atoms with E-state index in [0.717, 1.165) is 45.6 Å². The highest BCUT2D eigenvalue weighted by molar-refractivity contribution is 5.84. The maximum absolute atomic E-state index is 6.25. The minimum atomic E-state index is 0.231. The molecule has 3 aromatic heterocycles. The molecule has 0 saturated heterocycles. The first-order valence-corrected chi connectivity index (χ1v) is 11.6. The standard InChI is InChI=1S/C26H26N4O/c1-6-22-21(5-2-8-27-22)23(7-1)31-16-20-4-3-9-30-24(20)28-29-25(30)26-13-17-10-18(14-26)12-19(11-17)15-26/h1-9,17-19H,10-16H2. The number of benzene rings is 1. The van der Waals surface area contributed by atoms with Gasteiger partial charge in [0.1, 0.15) is 18.2 Å². The van der Waals surface area contributed by atoms with Crippen LogP contribution in [0.2, 0.25) is 0 Å². The number of ether oxygens (including phenoxy) is 1. The summed E-state index contributed by atoms with van der Waals surface area (Å²) >= 11 is 0. The van der Waals surface area contributed by atoms with Gasteiger partial charge < -0.3 is 4.74 Å². The van der Waals surface area contributed by atoms with Crippen LogP contribution in [-0.2, 0) is 12.0 Å². The molecule has 1 aromatic carbocycles. The molecule has 5 heteroatoms. The molecule has 0 radical (unpaired) electrons. The van der Waals surface area contributed by atoms with Gasteiger partial charge in [-0.1, -0.05) is 12.1 Å². The molecule has 4 aliphatic rings. The molecule has 156 valence electrons. The predicted molar refractivity (Wildman–Crippen MR) is 119 cm³/mol. The van der Waals surface area contributed by atoms with Crippen LogP contribution in [0.1, 0.15) is 49.9 Å².